The monoisotopic (exact) mass is 441 g/mol. The average molecular weight is 441 g/mol. The zero-order valence-electron chi connectivity index (χ0n) is 18.6. The van der Waals surface area contributed by atoms with Gasteiger partial charge in [0.05, 0.1) is 11.1 Å². The number of rotatable bonds is 6. The molecule has 1 heterocycles. The van der Waals surface area contributed by atoms with Crippen molar-refractivity contribution in [3.63, 3.8) is 0 Å². The number of Topliss-reactive ketones (excluding diaryl/α,β-unsaturated/α-hetero) is 1. The molecule has 0 radical (unpaired) electrons. The first-order valence-corrected chi connectivity index (χ1v) is 10.6. The summed E-state index contributed by atoms with van der Waals surface area (Å²) >= 11 is 0. The largest absolute Gasteiger partial charge is 0.447 e. The SMILES string of the molecule is Cc1ccc(C(=O)[C@H](OC(=O)[C@@H](C)N2C(=O)c3ccccc3C2=O)c2ccc(C)cc2)cc1. The topological polar surface area (TPSA) is 80.8 Å². The number of imide groups is 1. The molecule has 0 unspecified atom stereocenters. The first-order chi connectivity index (χ1) is 15.8. The van der Waals surface area contributed by atoms with Crippen LogP contribution >= 0.6 is 0 Å². The molecule has 0 fully saturated rings. The summed E-state index contributed by atoms with van der Waals surface area (Å²) in [6.07, 6.45) is -1.21. The van der Waals surface area contributed by atoms with E-state index in [4.69, 9.17) is 4.74 Å². The van der Waals surface area contributed by atoms with Gasteiger partial charge in [-0.15, -0.1) is 0 Å². The normalized spacial score (nSPS) is 14.6. The highest BCUT2D eigenvalue weighted by Gasteiger charge is 2.42. The average Bonchev–Trinajstić information content (AvgIpc) is 3.07. The molecule has 1 aliphatic rings. The fourth-order valence-corrected chi connectivity index (χ4v) is 3.76. The van der Waals surface area contributed by atoms with E-state index in [0.29, 0.717) is 11.1 Å². The Hall–Kier alpha value is -4.06. The summed E-state index contributed by atoms with van der Waals surface area (Å²) in [6.45, 7) is 5.25. The smallest absolute Gasteiger partial charge is 0.330 e. The molecule has 0 N–H and O–H groups in total. The lowest BCUT2D eigenvalue weighted by molar-refractivity contribution is -0.151. The van der Waals surface area contributed by atoms with E-state index in [1.165, 1.54) is 6.92 Å². The third-order valence-electron chi connectivity index (χ3n) is 5.74. The molecule has 0 saturated heterocycles. The molecule has 2 atom stereocenters. The maximum Gasteiger partial charge on any atom is 0.330 e. The fraction of sp³-hybridized carbons (Fsp3) is 0.185. The Balaban J connectivity index is 1.62. The van der Waals surface area contributed by atoms with E-state index >= 15 is 0 Å². The lowest BCUT2D eigenvalue weighted by Gasteiger charge is -2.24. The first-order valence-electron chi connectivity index (χ1n) is 10.6. The molecule has 1 aliphatic heterocycles. The van der Waals surface area contributed by atoms with Crippen molar-refractivity contribution in [3.8, 4) is 0 Å². The number of amides is 2. The molecule has 0 saturated carbocycles. The van der Waals surface area contributed by atoms with Crippen LogP contribution in [0.5, 0.6) is 0 Å². The van der Waals surface area contributed by atoms with Gasteiger partial charge < -0.3 is 4.74 Å². The molecule has 33 heavy (non-hydrogen) atoms. The summed E-state index contributed by atoms with van der Waals surface area (Å²) in [5, 5.41) is 0. The van der Waals surface area contributed by atoms with Crippen LogP contribution in [-0.2, 0) is 9.53 Å². The number of nitrogens with zero attached hydrogens (tertiary/aromatic N) is 1. The Morgan fingerprint density at radius 3 is 1.76 bits per heavy atom. The summed E-state index contributed by atoms with van der Waals surface area (Å²) in [6, 6.07) is 19.3. The van der Waals surface area contributed by atoms with E-state index < -0.39 is 29.9 Å². The maximum atomic E-state index is 13.3. The van der Waals surface area contributed by atoms with Gasteiger partial charge in [0, 0.05) is 11.1 Å². The van der Waals surface area contributed by atoms with Gasteiger partial charge in [0.2, 0.25) is 5.78 Å². The lowest BCUT2D eigenvalue weighted by Crippen LogP contribution is -2.44. The number of hydrogen-bond acceptors (Lipinski definition) is 5. The predicted octanol–water partition coefficient (Wildman–Crippen LogP) is 4.46. The molecule has 4 rings (SSSR count). The van der Waals surface area contributed by atoms with E-state index in [2.05, 4.69) is 0 Å². The van der Waals surface area contributed by atoms with Crippen LogP contribution in [0.1, 0.15) is 60.8 Å². The number of ether oxygens (including phenoxy) is 1. The van der Waals surface area contributed by atoms with Crippen LogP contribution in [0, 0.1) is 13.8 Å². The number of carbonyl (C=O) groups is 4. The Labute approximate surface area is 191 Å². The summed E-state index contributed by atoms with van der Waals surface area (Å²) in [4.78, 5) is 52.8. The Kier molecular flexibility index (Phi) is 5.92. The highest BCUT2D eigenvalue weighted by atomic mass is 16.5. The summed E-state index contributed by atoms with van der Waals surface area (Å²) < 4.78 is 5.66. The second-order valence-corrected chi connectivity index (χ2v) is 8.16. The summed E-state index contributed by atoms with van der Waals surface area (Å²) in [7, 11) is 0. The van der Waals surface area contributed by atoms with Gasteiger partial charge in [-0.2, -0.15) is 0 Å². The van der Waals surface area contributed by atoms with Gasteiger partial charge in [0.1, 0.15) is 6.04 Å². The van der Waals surface area contributed by atoms with E-state index in [-0.39, 0.29) is 16.9 Å². The van der Waals surface area contributed by atoms with Crippen LogP contribution in [0.3, 0.4) is 0 Å². The first kappa shape index (κ1) is 22.1. The second kappa shape index (κ2) is 8.82. The summed E-state index contributed by atoms with van der Waals surface area (Å²) in [5.41, 5.74) is 3.38. The van der Waals surface area contributed by atoms with Crippen LogP contribution in [0.4, 0.5) is 0 Å². The van der Waals surface area contributed by atoms with Gasteiger partial charge in [-0.3, -0.25) is 19.3 Å². The van der Waals surface area contributed by atoms with Crippen LogP contribution in [0.25, 0.3) is 0 Å². The molecule has 3 aromatic rings. The van der Waals surface area contributed by atoms with Crippen molar-refractivity contribution in [2.45, 2.75) is 32.9 Å². The molecule has 0 aromatic heterocycles. The molecule has 0 aliphatic carbocycles. The van der Waals surface area contributed by atoms with Gasteiger partial charge in [-0.1, -0.05) is 71.8 Å². The van der Waals surface area contributed by atoms with Crippen molar-refractivity contribution in [2.75, 3.05) is 0 Å². The van der Waals surface area contributed by atoms with E-state index in [1.54, 1.807) is 48.5 Å². The molecule has 3 aromatic carbocycles. The number of esters is 1. The molecular weight excluding hydrogens is 418 g/mol. The molecular formula is C27H23NO5. The number of benzene rings is 3. The van der Waals surface area contributed by atoms with Crippen LogP contribution in [-0.4, -0.2) is 34.5 Å². The lowest BCUT2D eigenvalue weighted by atomic mass is 9.98. The zero-order chi connectivity index (χ0) is 23.7. The van der Waals surface area contributed by atoms with Crippen LogP contribution in [0.15, 0.2) is 72.8 Å². The van der Waals surface area contributed by atoms with Crippen molar-refractivity contribution < 1.29 is 23.9 Å². The number of ketones is 1. The number of fused-ring (bicyclic) bond motifs is 1. The highest BCUT2D eigenvalue weighted by Crippen LogP contribution is 2.28. The number of carbonyl (C=O) groups excluding carboxylic acids is 4. The maximum absolute atomic E-state index is 13.3. The Morgan fingerprint density at radius 1 is 0.758 bits per heavy atom. The number of aryl methyl sites for hydroxylation is 2. The molecule has 166 valence electrons. The fourth-order valence-electron chi connectivity index (χ4n) is 3.76. The van der Waals surface area contributed by atoms with Crippen molar-refractivity contribution >= 4 is 23.6 Å². The molecule has 6 heteroatoms. The van der Waals surface area contributed by atoms with Crippen molar-refractivity contribution in [1.82, 2.24) is 4.90 Å². The molecule has 2 amide bonds. The number of hydrogen-bond donors (Lipinski definition) is 0. The van der Waals surface area contributed by atoms with Gasteiger partial charge in [-0.25, -0.2) is 4.79 Å². The molecule has 0 bridgehead atoms. The molecule has 6 nitrogen and oxygen atoms in total. The quantitative estimate of drug-likeness (QED) is 0.321. The van der Waals surface area contributed by atoms with Crippen molar-refractivity contribution in [3.05, 3.63) is 106 Å². The van der Waals surface area contributed by atoms with E-state index in [1.807, 2.05) is 38.1 Å². The third-order valence-corrected chi connectivity index (χ3v) is 5.74. The Morgan fingerprint density at radius 2 is 1.24 bits per heavy atom. The third kappa shape index (κ3) is 4.20. The van der Waals surface area contributed by atoms with Gasteiger partial charge in [-0.05, 0) is 32.9 Å². The van der Waals surface area contributed by atoms with Crippen LogP contribution in [0.2, 0.25) is 0 Å². The summed E-state index contributed by atoms with van der Waals surface area (Å²) in [5.74, 6) is -2.34. The standard InChI is InChI=1S/C27H23NO5/c1-16-8-12-19(13-9-16)23(29)24(20-14-10-17(2)11-15-20)33-27(32)18(3)28-25(30)21-6-4-5-7-22(21)26(28)31/h4-15,18,24H,1-3H3/t18-,24-/m1/s1. The zero-order valence-corrected chi connectivity index (χ0v) is 18.6. The van der Waals surface area contributed by atoms with Gasteiger partial charge >= 0.3 is 5.97 Å². The van der Waals surface area contributed by atoms with Gasteiger partial charge in [0.25, 0.3) is 11.8 Å². The predicted molar refractivity (Wildman–Crippen MR) is 122 cm³/mol. The van der Waals surface area contributed by atoms with Crippen LogP contribution < -0.4 is 0 Å². The minimum absolute atomic E-state index is 0.243. The van der Waals surface area contributed by atoms with Crippen molar-refractivity contribution in [1.29, 1.82) is 0 Å². The van der Waals surface area contributed by atoms with E-state index in [9.17, 15) is 19.2 Å². The minimum Gasteiger partial charge on any atom is -0.447 e. The minimum atomic E-state index is -1.21. The van der Waals surface area contributed by atoms with Crippen molar-refractivity contribution in [2.24, 2.45) is 0 Å². The second-order valence-electron chi connectivity index (χ2n) is 8.16. The Bertz CT molecular complexity index is 1210. The van der Waals surface area contributed by atoms with Gasteiger partial charge in [0.15, 0.2) is 6.10 Å². The molecule has 0 spiro atoms. The van der Waals surface area contributed by atoms with E-state index in [0.717, 1.165) is 16.0 Å². The highest BCUT2D eigenvalue weighted by molar-refractivity contribution is 6.22.